The average molecular weight is 298 g/mol. The van der Waals surface area contributed by atoms with Crippen LogP contribution in [0.4, 0.5) is 4.39 Å². The van der Waals surface area contributed by atoms with E-state index in [0.29, 0.717) is 11.1 Å². The number of ether oxygens (including phenoxy) is 1. The van der Waals surface area contributed by atoms with Gasteiger partial charge in [0.15, 0.2) is 23.1 Å². The molecular formula is C18H15FO3. The Kier molecular flexibility index (Phi) is 5.20. The summed E-state index contributed by atoms with van der Waals surface area (Å²) in [6, 6.07) is 12.9. The number of halogens is 1. The Hall–Kier alpha value is -2.75. The Bertz CT molecular complexity index is 706. The molecule has 2 aromatic carbocycles. The lowest BCUT2D eigenvalue weighted by Crippen LogP contribution is -2.05. The lowest BCUT2D eigenvalue weighted by atomic mass is 10.1. The van der Waals surface area contributed by atoms with Gasteiger partial charge in [-0.05, 0) is 23.8 Å². The van der Waals surface area contributed by atoms with Crippen molar-refractivity contribution >= 4 is 17.6 Å². The zero-order valence-corrected chi connectivity index (χ0v) is 12.1. The molecule has 0 aliphatic rings. The lowest BCUT2D eigenvalue weighted by Gasteiger charge is -2.02. The van der Waals surface area contributed by atoms with E-state index in [4.69, 9.17) is 4.74 Å². The molecule has 0 aliphatic carbocycles. The van der Waals surface area contributed by atoms with Gasteiger partial charge in [-0.25, -0.2) is 4.39 Å². The smallest absolute Gasteiger partial charge is 0.170 e. The fourth-order valence-electron chi connectivity index (χ4n) is 1.91. The van der Waals surface area contributed by atoms with Crippen LogP contribution in [0.5, 0.6) is 5.75 Å². The summed E-state index contributed by atoms with van der Waals surface area (Å²) in [4.78, 5) is 23.7. The van der Waals surface area contributed by atoms with Crippen molar-refractivity contribution in [1.29, 1.82) is 0 Å². The van der Waals surface area contributed by atoms with Gasteiger partial charge in [0.05, 0.1) is 13.5 Å². The zero-order valence-electron chi connectivity index (χ0n) is 12.1. The molecule has 0 unspecified atom stereocenters. The number of hydrogen-bond donors (Lipinski definition) is 0. The predicted octanol–water partition coefficient (Wildman–Crippen LogP) is 3.69. The van der Waals surface area contributed by atoms with Gasteiger partial charge in [0, 0.05) is 5.56 Å². The molecule has 3 nitrogen and oxygen atoms in total. The quantitative estimate of drug-likeness (QED) is 0.464. The fourth-order valence-corrected chi connectivity index (χ4v) is 1.91. The maximum absolute atomic E-state index is 13.3. The maximum atomic E-state index is 13.3. The van der Waals surface area contributed by atoms with E-state index in [-0.39, 0.29) is 23.7 Å². The highest BCUT2D eigenvalue weighted by Crippen LogP contribution is 2.19. The molecule has 0 aliphatic heterocycles. The van der Waals surface area contributed by atoms with Gasteiger partial charge in [-0.15, -0.1) is 0 Å². The summed E-state index contributed by atoms with van der Waals surface area (Å²) in [7, 11) is 1.37. The Morgan fingerprint density at radius 3 is 2.55 bits per heavy atom. The number of benzene rings is 2. The van der Waals surface area contributed by atoms with Crippen LogP contribution in [0.3, 0.4) is 0 Å². The van der Waals surface area contributed by atoms with Gasteiger partial charge in [0.2, 0.25) is 0 Å². The van der Waals surface area contributed by atoms with Crippen molar-refractivity contribution in [3.63, 3.8) is 0 Å². The summed E-state index contributed by atoms with van der Waals surface area (Å²) < 4.78 is 18.1. The number of methoxy groups -OCH3 is 1. The molecule has 2 aromatic rings. The number of rotatable bonds is 6. The Balaban J connectivity index is 2.01. The van der Waals surface area contributed by atoms with Gasteiger partial charge in [0.1, 0.15) is 0 Å². The summed E-state index contributed by atoms with van der Waals surface area (Å²) in [5.74, 6) is -0.899. The zero-order chi connectivity index (χ0) is 15.9. The monoisotopic (exact) mass is 298 g/mol. The molecule has 22 heavy (non-hydrogen) atoms. The molecule has 0 saturated carbocycles. The van der Waals surface area contributed by atoms with Crippen LogP contribution < -0.4 is 4.74 Å². The van der Waals surface area contributed by atoms with Crippen molar-refractivity contribution in [3.8, 4) is 5.75 Å². The molecule has 0 amide bonds. The second-order valence-electron chi connectivity index (χ2n) is 4.66. The number of allylic oxidation sites excluding steroid dienone is 1. The Labute approximate surface area is 128 Å². The maximum Gasteiger partial charge on any atom is 0.170 e. The number of ketones is 2. The molecule has 0 atom stereocenters. The largest absolute Gasteiger partial charge is 0.494 e. The molecular weight excluding hydrogens is 283 g/mol. The average Bonchev–Trinajstić information content (AvgIpc) is 2.55. The lowest BCUT2D eigenvalue weighted by molar-refractivity contribution is -0.113. The van der Waals surface area contributed by atoms with Gasteiger partial charge >= 0.3 is 0 Å². The van der Waals surface area contributed by atoms with E-state index in [2.05, 4.69) is 0 Å². The summed E-state index contributed by atoms with van der Waals surface area (Å²) in [6.45, 7) is 0. The molecule has 0 radical (unpaired) electrons. The predicted molar refractivity (Wildman–Crippen MR) is 82.4 cm³/mol. The molecule has 0 saturated heterocycles. The Morgan fingerprint density at radius 1 is 1.14 bits per heavy atom. The van der Waals surface area contributed by atoms with Crippen LogP contribution in [0.15, 0.2) is 54.6 Å². The SMILES string of the molecule is COc1cc(/C=C/C(=O)CC(=O)c2ccccc2)ccc1F. The number of hydrogen-bond acceptors (Lipinski definition) is 3. The highest BCUT2D eigenvalue weighted by atomic mass is 19.1. The van der Waals surface area contributed by atoms with Crippen molar-refractivity contribution in [3.05, 3.63) is 71.6 Å². The number of carbonyl (C=O) groups is 2. The van der Waals surface area contributed by atoms with E-state index in [1.165, 1.54) is 37.5 Å². The van der Waals surface area contributed by atoms with Crippen molar-refractivity contribution in [1.82, 2.24) is 0 Å². The molecule has 112 valence electrons. The molecule has 2 rings (SSSR count). The highest BCUT2D eigenvalue weighted by Gasteiger charge is 2.09. The number of carbonyl (C=O) groups excluding carboxylic acids is 2. The third-order valence-corrected chi connectivity index (χ3v) is 3.07. The standard InChI is InChI=1S/C18H15FO3/c1-22-18-11-13(8-10-16(18)19)7-9-15(20)12-17(21)14-5-3-2-4-6-14/h2-11H,12H2,1H3/b9-7+. The van der Waals surface area contributed by atoms with Crippen LogP contribution in [0.2, 0.25) is 0 Å². The first-order valence-corrected chi connectivity index (χ1v) is 6.73. The van der Waals surface area contributed by atoms with Gasteiger partial charge < -0.3 is 4.74 Å². The first-order chi connectivity index (χ1) is 10.6. The molecule has 0 heterocycles. The minimum atomic E-state index is -0.467. The minimum Gasteiger partial charge on any atom is -0.494 e. The van der Waals surface area contributed by atoms with E-state index in [1.54, 1.807) is 30.3 Å². The fraction of sp³-hybridized carbons (Fsp3) is 0.111. The second kappa shape index (κ2) is 7.31. The molecule has 0 aromatic heterocycles. The molecule has 0 fully saturated rings. The highest BCUT2D eigenvalue weighted by molar-refractivity contribution is 6.12. The van der Waals surface area contributed by atoms with E-state index >= 15 is 0 Å². The van der Waals surface area contributed by atoms with Gasteiger partial charge in [-0.1, -0.05) is 42.5 Å². The van der Waals surface area contributed by atoms with Gasteiger partial charge in [0.25, 0.3) is 0 Å². The van der Waals surface area contributed by atoms with Crippen molar-refractivity contribution in [2.75, 3.05) is 7.11 Å². The van der Waals surface area contributed by atoms with Crippen LogP contribution in [0.25, 0.3) is 6.08 Å². The van der Waals surface area contributed by atoms with E-state index in [0.717, 1.165) is 0 Å². The van der Waals surface area contributed by atoms with Crippen molar-refractivity contribution in [2.45, 2.75) is 6.42 Å². The van der Waals surface area contributed by atoms with Crippen LogP contribution in [0.1, 0.15) is 22.3 Å². The van der Waals surface area contributed by atoms with Crippen LogP contribution in [-0.2, 0) is 4.79 Å². The number of Topliss-reactive ketones (excluding diaryl/α,β-unsaturated/α-hetero) is 1. The molecule has 0 bridgehead atoms. The van der Waals surface area contributed by atoms with Gasteiger partial charge in [-0.2, -0.15) is 0 Å². The second-order valence-corrected chi connectivity index (χ2v) is 4.66. The Morgan fingerprint density at radius 2 is 1.86 bits per heavy atom. The van der Waals surface area contributed by atoms with Crippen molar-refractivity contribution in [2.24, 2.45) is 0 Å². The topological polar surface area (TPSA) is 43.4 Å². The summed E-state index contributed by atoms with van der Waals surface area (Å²) in [6.07, 6.45) is 2.65. The summed E-state index contributed by atoms with van der Waals surface area (Å²) in [5, 5.41) is 0. The van der Waals surface area contributed by atoms with Crippen LogP contribution in [0, 0.1) is 5.82 Å². The molecule has 4 heteroatoms. The van der Waals surface area contributed by atoms with Gasteiger partial charge in [-0.3, -0.25) is 9.59 Å². The van der Waals surface area contributed by atoms with Crippen LogP contribution >= 0.6 is 0 Å². The van der Waals surface area contributed by atoms with E-state index in [9.17, 15) is 14.0 Å². The molecule has 0 N–H and O–H groups in total. The summed E-state index contributed by atoms with van der Waals surface area (Å²) in [5.41, 5.74) is 1.13. The normalized spacial score (nSPS) is 10.6. The third kappa shape index (κ3) is 4.12. The minimum absolute atomic E-state index is 0.106. The van der Waals surface area contributed by atoms with E-state index < -0.39 is 5.82 Å². The first-order valence-electron chi connectivity index (χ1n) is 6.73. The van der Waals surface area contributed by atoms with Crippen molar-refractivity contribution < 1.29 is 18.7 Å². The first kappa shape index (κ1) is 15.6. The third-order valence-electron chi connectivity index (χ3n) is 3.07. The van der Waals surface area contributed by atoms with Crippen LogP contribution in [-0.4, -0.2) is 18.7 Å². The summed E-state index contributed by atoms with van der Waals surface area (Å²) >= 11 is 0. The van der Waals surface area contributed by atoms with E-state index in [1.807, 2.05) is 0 Å². The molecule has 0 spiro atoms.